The summed E-state index contributed by atoms with van der Waals surface area (Å²) in [5, 5.41) is 9.84. The lowest BCUT2D eigenvalue weighted by atomic mass is 9.93. The first-order valence-corrected chi connectivity index (χ1v) is 20.9. The molecule has 0 N–H and O–H groups in total. The fraction of sp³-hybridized carbons (Fsp3) is 0. The van der Waals surface area contributed by atoms with Crippen LogP contribution in [0, 0.1) is 0 Å². The Balaban J connectivity index is 1.09. The van der Waals surface area contributed by atoms with Crippen molar-refractivity contribution in [2.45, 2.75) is 0 Å². The Labute approximate surface area is 345 Å². The van der Waals surface area contributed by atoms with E-state index in [4.69, 9.17) is 4.42 Å². The Morgan fingerprint density at radius 3 is 1.85 bits per heavy atom. The first-order valence-electron chi connectivity index (χ1n) is 20.1. The van der Waals surface area contributed by atoms with Gasteiger partial charge < -0.3 is 9.32 Å². The zero-order valence-electron chi connectivity index (χ0n) is 32.0. The lowest BCUT2D eigenvalue weighted by molar-refractivity contribution is 0.669. The molecule has 2 nitrogen and oxygen atoms in total. The maximum absolute atomic E-state index is 6.33. The largest absolute Gasteiger partial charge is 0.456 e. The van der Waals surface area contributed by atoms with Crippen LogP contribution in [0.2, 0.25) is 0 Å². The molecule has 0 fully saturated rings. The third-order valence-corrected chi connectivity index (χ3v) is 13.0. The van der Waals surface area contributed by atoms with Crippen molar-refractivity contribution in [2.75, 3.05) is 4.90 Å². The Morgan fingerprint density at radius 1 is 0.322 bits per heavy atom. The summed E-state index contributed by atoms with van der Waals surface area (Å²) in [6.07, 6.45) is 0. The lowest BCUT2D eigenvalue weighted by Crippen LogP contribution is -2.10. The SMILES string of the molecule is c1ccc(-c2cc(-c3cccc4c3sc3ccccc34)cc(N(c3ccc(-c4cc5ccccc5c5ccccc45)cc3)c3ccc4oc5ccccc5c4c3)c2)cc1. The minimum absolute atomic E-state index is 0.878. The van der Waals surface area contributed by atoms with Crippen LogP contribution in [0.25, 0.3) is 97.0 Å². The number of anilines is 3. The summed E-state index contributed by atoms with van der Waals surface area (Å²) >= 11 is 1.87. The normalized spacial score (nSPS) is 11.7. The predicted molar refractivity (Wildman–Crippen MR) is 253 cm³/mol. The number of hydrogen-bond donors (Lipinski definition) is 0. The fourth-order valence-electron chi connectivity index (χ4n) is 9.05. The maximum Gasteiger partial charge on any atom is 0.135 e. The van der Waals surface area contributed by atoms with E-state index in [2.05, 4.69) is 205 Å². The molecule has 0 radical (unpaired) electrons. The minimum Gasteiger partial charge on any atom is -0.456 e. The van der Waals surface area contributed by atoms with Crippen LogP contribution < -0.4 is 4.90 Å². The van der Waals surface area contributed by atoms with Crippen LogP contribution in [0.1, 0.15) is 0 Å². The fourth-order valence-corrected chi connectivity index (χ4v) is 10.3. The summed E-state index contributed by atoms with van der Waals surface area (Å²) in [6.45, 7) is 0. The molecule has 12 rings (SSSR count). The molecule has 0 amide bonds. The molecule has 0 aliphatic heterocycles. The van der Waals surface area contributed by atoms with Crippen molar-refractivity contribution in [1.82, 2.24) is 0 Å². The van der Waals surface area contributed by atoms with Crippen LogP contribution in [-0.4, -0.2) is 0 Å². The van der Waals surface area contributed by atoms with E-state index in [1.165, 1.54) is 69.5 Å². The molecular weight excluding hydrogens is 735 g/mol. The number of thiophene rings is 1. The van der Waals surface area contributed by atoms with Crippen LogP contribution in [0.4, 0.5) is 17.1 Å². The average molecular weight is 770 g/mol. The molecule has 2 aromatic heterocycles. The van der Waals surface area contributed by atoms with E-state index in [0.717, 1.165) is 44.6 Å². The van der Waals surface area contributed by atoms with Gasteiger partial charge in [-0.25, -0.2) is 0 Å². The molecule has 3 heteroatoms. The standard InChI is InChI=1S/C56H35NOS/c1-2-13-36(14-3-1)39-31-40(45-21-12-22-50-49-20-9-11-24-55(49)59-56(45)50)33-43(32-39)57(42-29-30-54-52(35-42)48-19-8-10-23-53(48)58-54)41-27-25-37(26-28-41)51-34-38-15-4-5-16-44(38)46-17-6-7-18-47(46)51/h1-35H. The van der Waals surface area contributed by atoms with Crippen LogP contribution in [0.15, 0.2) is 217 Å². The van der Waals surface area contributed by atoms with Crippen molar-refractivity contribution < 1.29 is 4.42 Å². The third kappa shape index (κ3) is 5.62. The van der Waals surface area contributed by atoms with Crippen molar-refractivity contribution in [3.05, 3.63) is 212 Å². The molecule has 276 valence electrons. The number of benzene rings is 10. The van der Waals surface area contributed by atoms with Gasteiger partial charge in [0.15, 0.2) is 0 Å². The highest BCUT2D eigenvalue weighted by atomic mass is 32.1. The van der Waals surface area contributed by atoms with E-state index in [1.807, 2.05) is 23.5 Å². The van der Waals surface area contributed by atoms with Crippen LogP contribution in [0.3, 0.4) is 0 Å². The van der Waals surface area contributed by atoms with E-state index >= 15 is 0 Å². The second-order valence-electron chi connectivity index (χ2n) is 15.3. The molecule has 2 heterocycles. The lowest BCUT2D eigenvalue weighted by Gasteiger charge is -2.27. The van der Waals surface area contributed by atoms with E-state index in [1.54, 1.807) is 0 Å². The number of furan rings is 1. The summed E-state index contributed by atoms with van der Waals surface area (Å²) < 4.78 is 8.93. The molecule has 0 saturated heterocycles. The van der Waals surface area contributed by atoms with Crippen molar-refractivity contribution >= 4 is 92.1 Å². The van der Waals surface area contributed by atoms with Gasteiger partial charge in [0.25, 0.3) is 0 Å². The Kier molecular flexibility index (Phi) is 7.75. The maximum atomic E-state index is 6.33. The molecule has 12 aromatic rings. The van der Waals surface area contributed by atoms with Gasteiger partial charge in [-0.05, 0) is 122 Å². The Hall–Kier alpha value is -7.46. The van der Waals surface area contributed by atoms with E-state index in [9.17, 15) is 0 Å². The summed E-state index contributed by atoms with van der Waals surface area (Å²) in [6, 6.07) is 77.1. The molecular formula is C56H35NOS. The van der Waals surface area contributed by atoms with Crippen molar-refractivity contribution in [3.63, 3.8) is 0 Å². The minimum atomic E-state index is 0.878. The summed E-state index contributed by atoms with van der Waals surface area (Å²) in [5.41, 5.74) is 12.1. The summed E-state index contributed by atoms with van der Waals surface area (Å²) in [5.74, 6) is 0. The predicted octanol–water partition coefficient (Wildman–Crippen LogP) is 16.7. The van der Waals surface area contributed by atoms with Crippen molar-refractivity contribution in [2.24, 2.45) is 0 Å². The Bertz CT molecular complexity index is 3560. The molecule has 10 aromatic carbocycles. The van der Waals surface area contributed by atoms with Gasteiger partial charge in [0.2, 0.25) is 0 Å². The van der Waals surface area contributed by atoms with Crippen molar-refractivity contribution in [3.8, 4) is 33.4 Å². The van der Waals surface area contributed by atoms with Gasteiger partial charge in [0.05, 0.1) is 0 Å². The highest BCUT2D eigenvalue weighted by molar-refractivity contribution is 7.26. The number of rotatable bonds is 6. The number of fused-ring (bicyclic) bond motifs is 9. The van der Waals surface area contributed by atoms with Gasteiger partial charge in [-0.15, -0.1) is 11.3 Å². The second kappa shape index (κ2) is 13.6. The van der Waals surface area contributed by atoms with Gasteiger partial charge in [0.1, 0.15) is 11.2 Å². The zero-order chi connectivity index (χ0) is 38.9. The van der Waals surface area contributed by atoms with E-state index in [-0.39, 0.29) is 0 Å². The molecule has 59 heavy (non-hydrogen) atoms. The van der Waals surface area contributed by atoms with Gasteiger partial charge in [-0.2, -0.15) is 0 Å². The highest BCUT2D eigenvalue weighted by Crippen LogP contribution is 2.46. The second-order valence-corrected chi connectivity index (χ2v) is 16.3. The topological polar surface area (TPSA) is 16.4 Å². The molecule has 0 aliphatic carbocycles. The van der Waals surface area contributed by atoms with Crippen LogP contribution in [0.5, 0.6) is 0 Å². The first kappa shape index (κ1) is 33.7. The van der Waals surface area contributed by atoms with Gasteiger partial charge >= 0.3 is 0 Å². The summed E-state index contributed by atoms with van der Waals surface area (Å²) in [7, 11) is 0. The summed E-state index contributed by atoms with van der Waals surface area (Å²) in [4.78, 5) is 2.41. The monoisotopic (exact) mass is 769 g/mol. The van der Waals surface area contributed by atoms with Gasteiger partial charge in [0, 0.05) is 48.0 Å². The molecule has 0 spiro atoms. The van der Waals surface area contributed by atoms with Gasteiger partial charge in [-0.3, -0.25) is 0 Å². The molecule has 0 aliphatic rings. The quantitative estimate of drug-likeness (QED) is 0.157. The highest BCUT2D eigenvalue weighted by Gasteiger charge is 2.20. The molecule has 0 unspecified atom stereocenters. The third-order valence-electron chi connectivity index (χ3n) is 11.8. The van der Waals surface area contributed by atoms with Crippen molar-refractivity contribution in [1.29, 1.82) is 0 Å². The van der Waals surface area contributed by atoms with Crippen LogP contribution >= 0.6 is 11.3 Å². The van der Waals surface area contributed by atoms with Gasteiger partial charge in [-0.1, -0.05) is 146 Å². The number of nitrogens with zero attached hydrogens (tertiary/aromatic N) is 1. The zero-order valence-corrected chi connectivity index (χ0v) is 32.8. The average Bonchev–Trinajstić information content (AvgIpc) is 3.88. The van der Waals surface area contributed by atoms with E-state index < -0.39 is 0 Å². The van der Waals surface area contributed by atoms with Crippen LogP contribution in [-0.2, 0) is 0 Å². The molecule has 0 bridgehead atoms. The Morgan fingerprint density at radius 2 is 0.983 bits per heavy atom. The molecule has 0 saturated carbocycles. The number of para-hydroxylation sites is 1. The number of hydrogen-bond acceptors (Lipinski definition) is 3. The smallest absolute Gasteiger partial charge is 0.135 e. The first-order chi connectivity index (χ1) is 29.2. The van der Waals surface area contributed by atoms with E-state index in [0.29, 0.717) is 0 Å². The molecule has 0 atom stereocenters.